The number of ether oxygens (including phenoxy) is 1. The SMILES string of the molecule is COC(=O)CCC(O)CNC1CCCCC1. The predicted octanol–water partition coefficient (Wildman–Crippen LogP) is 1.22. The molecule has 0 radical (unpaired) electrons. The van der Waals surface area contributed by atoms with Gasteiger partial charge in [0.2, 0.25) is 0 Å². The zero-order valence-corrected chi connectivity index (χ0v) is 10.1. The average molecular weight is 229 g/mol. The molecular weight excluding hydrogens is 206 g/mol. The Bertz CT molecular complexity index is 202. The number of carbonyl (C=O) groups is 1. The van der Waals surface area contributed by atoms with Gasteiger partial charge in [0, 0.05) is 19.0 Å². The summed E-state index contributed by atoms with van der Waals surface area (Å²) in [5.74, 6) is -0.253. The molecule has 1 saturated carbocycles. The Morgan fingerprint density at radius 2 is 2.12 bits per heavy atom. The van der Waals surface area contributed by atoms with Crippen LogP contribution in [0.3, 0.4) is 0 Å². The molecule has 1 fully saturated rings. The van der Waals surface area contributed by atoms with Crippen LogP contribution >= 0.6 is 0 Å². The average Bonchev–Trinajstić information content (AvgIpc) is 2.34. The van der Waals surface area contributed by atoms with E-state index in [-0.39, 0.29) is 5.97 Å². The van der Waals surface area contributed by atoms with Gasteiger partial charge in [0.1, 0.15) is 0 Å². The molecule has 4 nitrogen and oxygen atoms in total. The number of hydrogen-bond donors (Lipinski definition) is 2. The van der Waals surface area contributed by atoms with E-state index in [9.17, 15) is 9.90 Å². The monoisotopic (exact) mass is 229 g/mol. The summed E-state index contributed by atoms with van der Waals surface area (Å²) in [6.45, 7) is 0.585. The molecule has 16 heavy (non-hydrogen) atoms. The Labute approximate surface area is 97.4 Å². The molecule has 0 aromatic carbocycles. The largest absolute Gasteiger partial charge is 0.469 e. The summed E-state index contributed by atoms with van der Waals surface area (Å²) in [6.07, 6.45) is 6.67. The summed E-state index contributed by atoms with van der Waals surface area (Å²) in [4.78, 5) is 10.9. The van der Waals surface area contributed by atoms with Crippen molar-refractivity contribution in [2.45, 2.75) is 57.1 Å². The first-order chi connectivity index (χ1) is 7.72. The molecule has 0 heterocycles. The smallest absolute Gasteiger partial charge is 0.305 e. The van der Waals surface area contributed by atoms with Gasteiger partial charge in [-0.1, -0.05) is 19.3 Å². The van der Waals surface area contributed by atoms with Gasteiger partial charge in [-0.25, -0.2) is 0 Å². The molecule has 0 amide bonds. The topological polar surface area (TPSA) is 58.6 Å². The second kappa shape index (κ2) is 7.63. The van der Waals surface area contributed by atoms with Crippen molar-refractivity contribution in [3.05, 3.63) is 0 Å². The molecule has 0 saturated heterocycles. The van der Waals surface area contributed by atoms with E-state index >= 15 is 0 Å². The highest BCUT2D eigenvalue weighted by molar-refractivity contribution is 5.69. The van der Waals surface area contributed by atoms with Gasteiger partial charge < -0.3 is 15.2 Å². The van der Waals surface area contributed by atoms with E-state index in [0.717, 1.165) is 0 Å². The van der Waals surface area contributed by atoms with Crippen LogP contribution in [0.1, 0.15) is 44.9 Å². The van der Waals surface area contributed by atoms with Crippen molar-refractivity contribution in [1.82, 2.24) is 5.32 Å². The standard InChI is InChI=1S/C12H23NO3/c1-16-12(15)8-7-11(14)9-13-10-5-3-2-4-6-10/h10-11,13-14H,2-9H2,1H3. The van der Waals surface area contributed by atoms with Crippen LogP contribution in [0.2, 0.25) is 0 Å². The maximum Gasteiger partial charge on any atom is 0.305 e. The summed E-state index contributed by atoms with van der Waals surface area (Å²) < 4.78 is 4.52. The highest BCUT2D eigenvalue weighted by Gasteiger charge is 2.14. The van der Waals surface area contributed by atoms with Gasteiger partial charge in [-0.3, -0.25) is 4.79 Å². The first-order valence-corrected chi connectivity index (χ1v) is 6.20. The summed E-state index contributed by atoms with van der Waals surface area (Å²) >= 11 is 0. The number of rotatable bonds is 6. The lowest BCUT2D eigenvalue weighted by Gasteiger charge is -2.24. The van der Waals surface area contributed by atoms with Crippen molar-refractivity contribution in [1.29, 1.82) is 0 Å². The van der Waals surface area contributed by atoms with E-state index in [2.05, 4.69) is 10.1 Å². The van der Waals surface area contributed by atoms with Gasteiger partial charge in [0.15, 0.2) is 0 Å². The van der Waals surface area contributed by atoms with Gasteiger partial charge in [0.05, 0.1) is 13.2 Å². The van der Waals surface area contributed by atoms with E-state index in [0.29, 0.717) is 25.4 Å². The molecule has 94 valence electrons. The van der Waals surface area contributed by atoms with Gasteiger partial charge in [0.25, 0.3) is 0 Å². The number of carbonyl (C=O) groups excluding carboxylic acids is 1. The lowest BCUT2D eigenvalue weighted by atomic mass is 9.95. The van der Waals surface area contributed by atoms with Gasteiger partial charge in [-0.15, -0.1) is 0 Å². The number of nitrogens with one attached hydrogen (secondary N) is 1. The quantitative estimate of drug-likeness (QED) is 0.672. The van der Waals surface area contributed by atoms with Gasteiger partial charge in [-0.05, 0) is 19.3 Å². The highest BCUT2D eigenvalue weighted by atomic mass is 16.5. The van der Waals surface area contributed by atoms with E-state index in [1.165, 1.54) is 39.2 Å². The van der Waals surface area contributed by atoms with Crippen LogP contribution in [-0.2, 0) is 9.53 Å². The Morgan fingerprint density at radius 3 is 2.75 bits per heavy atom. The molecule has 4 heteroatoms. The Balaban J connectivity index is 2.04. The van der Waals surface area contributed by atoms with E-state index in [1.54, 1.807) is 0 Å². The van der Waals surface area contributed by atoms with Crippen molar-refractivity contribution >= 4 is 5.97 Å². The molecule has 0 aromatic rings. The molecule has 2 N–H and O–H groups in total. The van der Waals surface area contributed by atoms with Crippen molar-refractivity contribution in [3.8, 4) is 0 Å². The first-order valence-electron chi connectivity index (χ1n) is 6.20. The molecule has 1 aliphatic rings. The second-order valence-electron chi connectivity index (χ2n) is 4.51. The minimum atomic E-state index is -0.443. The number of aliphatic hydroxyl groups is 1. The Morgan fingerprint density at radius 1 is 1.44 bits per heavy atom. The lowest BCUT2D eigenvalue weighted by molar-refractivity contribution is -0.141. The van der Waals surface area contributed by atoms with Crippen LogP contribution in [0.15, 0.2) is 0 Å². The summed E-state index contributed by atoms with van der Waals surface area (Å²) in [5.41, 5.74) is 0. The summed E-state index contributed by atoms with van der Waals surface area (Å²) in [5, 5.41) is 13.0. The van der Waals surface area contributed by atoms with Crippen LogP contribution in [0.4, 0.5) is 0 Å². The Kier molecular flexibility index (Phi) is 6.42. The molecule has 1 rings (SSSR count). The van der Waals surface area contributed by atoms with E-state index in [1.807, 2.05) is 0 Å². The van der Waals surface area contributed by atoms with Crippen molar-refractivity contribution in [2.24, 2.45) is 0 Å². The molecule has 0 bridgehead atoms. The fourth-order valence-corrected chi connectivity index (χ4v) is 2.10. The highest BCUT2D eigenvalue weighted by Crippen LogP contribution is 2.17. The Hall–Kier alpha value is -0.610. The van der Waals surface area contributed by atoms with Crippen LogP contribution in [0, 0.1) is 0 Å². The maximum atomic E-state index is 10.9. The molecule has 1 unspecified atom stereocenters. The van der Waals surface area contributed by atoms with E-state index < -0.39 is 6.10 Å². The zero-order valence-electron chi connectivity index (χ0n) is 10.1. The predicted molar refractivity (Wildman–Crippen MR) is 62.1 cm³/mol. The van der Waals surface area contributed by atoms with Gasteiger partial charge >= 0.3 is 5.97 Å². The fourth-order valence-electron chi connectivity index (χ4n) is 2.10. The van der Waals surface area contributed by atoms with Crippen molar-refractivity contribution < 1.29 is 14.6 Å². The van der Waals surface area contributed by atoms with Crippen LogP contribution < -0.4 is 5.32 Å². The van der Waals surface area contributed by atoms with Crippen LogP contribution in [-0.4, -0.2) is 36.9 Å². The third-order valence-electron chi connectivity index (χ3n) is 3.16. The van der Waals surface area contributed by atoms with Crippen LogP contribution in [0.5, 0.6) is 0 Å². The minimum absolute atomic E-state index is 0.253. The molecule has 0 aromatic heterocycles. The third kappa shape index (κ3) is 5.47. The lowest BCUT2D eigenvalue weighted by Crippen LogP contribution is -2.37. The zero-order chi connectivity index (χ0) is 11.8. The third-order valence-corrected chi connectivity index (χ3v) is 3.16. The van der Waals surface area contributed by atoms with E-state index in [4.69, 9.17) is 0 Å². The first kappa shape index (κ1) is 13.5. The number of methoxy groups -OCH3 is 1. The van der Waals surface area contributed by atoms with Crippen LogP contribution in [0.25, 0.3) is 0 Å². The molecular formula is C12H23NO3. The fraction of sp³-hybridized carbons (Fsp3) is 0.917. The number of hydrogen-bond acceptors (Lipinski definition) is 4. The normalized spacial score (nSPS) is 19.4. The van der Waals surface area contributed by atoms with Gasteiger partial charge in [-0.2, -0.15) is 0 Å². The van der Waals surface area contributed by atoms with Crippen molar-refractivity contribution in [3.63, 3.8) is 0 Å². The number of esters is 1. The van der Waals surface area contributed by atoms with Crippen molar-refractivity contribution in [2.75, 3.05) is 13.7 Å². The molecule has 0 aliphatic heterocycles. The second-order valence-corrected chi connectivity index (χ2v) is 4.51. The summed E-state index contributed by atoms with van der Waals surface area (Å²) in [6, 6.07) is 0.557. The minimum Gasteiger partial charge on any atom is -0.469 e. The maximum absolute atomic E-state index is 10.9. The number of aliphatic hydroxyl groups excluding tert-OH is 1. The molecule has 1 atom stereocenters. The molecule has 1 aliphatic carbocycles. The summed E-state index contributed by atoms with van der Waals surface area (Å²) in [7, 11) is 1.37. The molecule has 0 spiro atoms.